The highest BCUT2D eigenvalue weighted by molar-refractivity contribution is 5.78. The molecule has 2 saturated heterocycles. The molecule has 1 aromatic rings. The van der Waals surface area contributed by atoms with Gasteiger partial charge < -0.3 is 18.9 Å². The SMILES string of the molecule is O=C1OC(COCc2ccccc2)C2OC3(CCCCC3)OC12. The van der Waals surface area contributed by atoms with Gasteiger partial charge in [0.25, 0.3) is 0 Å². The van der Waals surface area contributed by atoms with Crippen LogP contribution in [0.5, 0.6) is 0 Å². The number of hydrogen-bond donors (Lipinski definition) is 0. The Morgan fingerprint density at radius 1 is 1.09 bits per heavy atom. The first kappa shape index (κ1) is 15.1. The molecule has 1 aromatic carbocycles. The fourth-order valence-electron chi connectivity index (χ4n) is 3.69. The van der Waals surface area contributed by atoms with Crippen molar-refractivity contribution in [2.45, 2.75) is 62.8 Å². The highest BCUT2D eigenvalue weighted by atomic mass is 16.8. The molecule has 124 valence electrons. The molecule has 3 aliphatic rings. The molecule has 23 heavy (non-hydrogen) atoms. The Kier molecular flexibility index (Phi) is 4.09. The van der Waals surface area contributed by atoms with Crippen molar-refractivity contribution >= 4 is 5.97 Å². The second kappa shape index (κ2) is 6.23. The fourth-order valence-corrected chi connectivity index (χ4v) is 3.69. The van der Waals surface area contributed by atoms with E-state index < -0.39 is 11.9 Å². The molecule has 0 bridgehead atoms. The average molecular weight is 318 g/mol. The van der Waals surface area contributed by atoms with Crippen LogP contribution in [0.3, 0.4) is 0 Å². The zero-order valence-corrected chi connectivity index (χ0v) is 13.1. The largest absolute Gasteiger partial charge is 0.455 e. The van der Waals surface area contributed by atoms with Crippen molar-refractivity contribution < 1.29 is 23.7 Å². The van der Waals surface area contributed by atoms with E-state index in [1.54, 1.807) is 0 Å². The summed E-state index contributed by atoms with van der Waals surface area (Å²) in [6.45, 7) is 0.833. The lowest BCUT2D eigenvalue weighted by molar-refractivity contribution is -0.219. The summed E-state index contributed by atoms with van der Waals surface area (Å²) in [5, 5.41) is 0. The summed E-state index contributed by atoms with van der Waals surface area (Å²) >= 11 is 0. The molecule has 0 N–H and O–H groups in total. The minimum absolute atomic E-state index is 0.314. The number of esters is 1. The van der Waals surface area contributed by atoms with Gasteiger partial charge in [0.1, 0.15) is 6.10 Å². The van der Waals surface area contributed by atoms with Gasteiger partial charge in [-0.2, -0.15) is 0 Å². The van der Waals surface area contributed by atoms with E-state index in [-0.39, 0.29) is 18.2 Å². The molecule has 5 nitrogen and oxygen atoms in total. The zero-order valence-electron chi connectivity index (χ0n) is 13.1. The van der Waals surface area contributed by atoms with Crippen molar-refractivity contribution in [3.05, 3.63) is 35.9 Å². The lowest BCUT2D eigenvalue weighted by Crippen LogP contribution is -2.37. The van der Waals surface area contributed by atoms with Crippen molar-refractivity contribution in [3.63, 3.8) is 0 Å². The maximum absolute atomic E-state index is 12.0. The molecule has 2 heterocycles. The van der Waals surface area contributed by atoms with Gasteiger partial charge in [-0.05, 0) is 18.4 Å². The van der Waals surface area contributed by atoms with E-state index in [1.165, 1.54) is 6.42 Å². The van der Waals surface area contributed by atoms with Crippen molar-refractivity contribution in [2.24, 2.45) is 0 Å². The van der Waals surface area contributed by atoms with E-state index >= 15 is 0 Å². The topological polar surface area (TPSA) is 54.0 Å². The summed E-state index contributed by atoms with van der Waals surface area (Å²) in [4.78, 5) is 12.0. The third kappa shape index (κ3) is 3.01. The molecule has 1 spiro atoms. The molecular weight excluding hydrogens is 296 g/mol. The molecule has 0 radical (unpaired) electrons. The number of rotatable bonds is 4. The van der Waals surface area contributed by atoms with Crippen LogP contribution in [-0.2, 0) is 30.3 Å². The summed E-state index contributed by atoms with van der Waals surface area (Å²) in [5.41, 5.74) is 1.10. The average Bonchev–Trinajstić information content (AvgIpc) is 3.07. The lowest BCUT2D eigenvalue weighted by atomic mass is 9.94. The lowest BCUT2D eigenvalue weighted by Gasteiger charge is -2.33. The molecule has 3 fully saturated rings. The van der Waals surface area contributed by atoms with E-state index in [0.29, 0.717) is 13.2 Å². The monoisotopic (exact) mass is 318 g/mol. The van der Waals surface area contributed by atoms with Crippen LogP contribution in [0.4, 0.5) is 0 Å². The van der Waals surface area contributed by atoms with Gasteiger partial charge in [-0.15, -0.1) is 0 Å². The second-order valence-electron chi connectivity index (χ2n) is 6.57. The first-order valence-corrected chi connectivity index (χ1v) is 8.44. The Labute approximate surface area is 135 Å². The summed E-state index contributed by atoms with van der Waals surface area (Å²) in [5.74, 6) is -0.879. The second-order valence-corrected chi connectivity index (χ2v) is 6.57. The Morgan fingerprint density at radius 3 is 2.65 bits per heavy atom. The quantitative estimate of drug-likeness (QED) is 0.799. The van der Waals surface area contributed by atoms with E-state index in [1.807, 2.05) is 30.3 Å². The minimum Gasteiger partial charge on any atom is -0.455 e. The predicted octanol–water partition coefficient (Wildman–Crippen LogP) is 2.57. The van der Waals surface area contributed by atoms with Gasteiger partial charge >= 0.3 is 5.97 Å². The van der Waals surface area contributed by atoms with Crippen LogP contribution in [0.15, 0.2) is 30.3 Å². The number of carbonyl (C=O) groups is 1. The maximum Gasteiger partial charge on any atom is 0.338 e. The van der Waals surface area contributed by atoms with Crippen molar-refractivity contribution in [1.29, 1.82) is 0 Å². The smallest absolute Gasteiger partial charge is 0.338 e. The molecule has 3 unspecified atom stereocenters. The molecule has 1 saturated carbocycles. The molecular formula is C18H22O5. The minimum atomic E-state index is -0.585. The van der Waals surface area contributed by atoms with E-state index in [4.69, 9.17) is 18.9 Å². The van der Waals surface area contributed by atoms with Gasteiger partial charge in [-0.1, -0.05) is 36.8 Å². The van der Waals surface area contributed by atoms with Crippen molar-refractivity contribution in [2.75, 3.05) is 6.61 Å². The summed E-state index contributed by atoms with van der Waals surface area (Å²) < 4.78 is 23.2. The Balaban J connectivity index is 1.35. The first-order valence-electron chi connectivity index (χ1n) is 8.44. The van der Waals surface area contributed by atoms with Crippen molar-refractivity contribution in [1.82, 2.24) is 0 Å². The molecule has 3 atom stereocenters. The Bertz CT molecular complexity index is 552. The van der Waals surface area contributed by atoms with E-state index in [2.05, 4.69) is 0 Å². The highest BCUT2D eigenvalue weighted by Crippen LogP contribution is 2.44. The Morgan fingerprint density at radius 2 is 1.87 bits per heavy atom. The molecule has 0 aromatic heterocycles. The number of hydrogen-bond acceptors (Lipinski definition) is 5. The number of benzene rings is 1. The van der Waals surface area contributed by atoms with Gasteiger partial charge in [0.2, 0.25) is 0 Å². The Hall–Kier alpha value is -1.43. The van der Waals surface area contributed by atoms with Crippen LogP contribution in [0, 0.1) is 0 Å². The molecule has 0 amide bonds. The molecule has 1 aliphatic carbocycles. The van der Waals surface area contributed by atoms with Gasteiger partial charge in [0.15, 0.2) is 18.0 Å². The highest BCUT2D eigenvalue weighted by Gasteiger charge is 2.58. The third-order valence-electron chi connectivity index (χ3n) is 4.87. The van der Waals surface area contributed by atoms with Gasteiger partial charge in [0.05, 0.1) is 13.2 Å². The fraction of sp³-hybridized carbons (Fsp3) is 0.611. The summed E-state index contributed by atoms with van der Waals surface area (Å²) in [7, 11) is 0. The van der Waals surface area contributed by atoms with E-state index in [0.717, 1.165) is 31.2 Å². The number of ether oxygens (including phenoxy) is 4. The van der Waals surface area contributed by atoms with Gasteiger partial charge in [-0.3, -0.25) is 0 Å². The zero-order chi connectivity index (χ0) is 15.7. The normalized spacial score (nSPS) is 32.0. The first-order chi connectivity index (χ1) is 11.3. The van der Waals surface area contributed by atoms with Crippen molar-refractivity contribution in [3.8, 4) is 0 Å². The van der Waals surface area contributed by atoms with Crippen LogP contribution in [-0.4, -0.2) is 36.7 Å². The number of fused-ring (bicyclic) bond motifs is 1. The van der Waals surface area contributed by atoms with Crippen LogP contribution < -0.4 is 0 Å². The number of carbonyl (C=O) groups excluding carboxylic acids is 1. The third-order valence-corrected chi connectivity index (χ3v) is 4.87. The van der Waals surface area contributed by atoms with Crippen LogP contribution >= 0.6 is 0 Å². The molecule has 4 rings (SSSR count). The standard InChI is InChI=1S/C18H22O5/c19-17-16-15(22-18(23-16)9-5-2-6-10-18)14(21-17)12-20-11-13-7-3-1-4-8-13/h1,3-4,7-8,14-16H,2,5-6,9-12H2. The number of cyclic esters (lactones) is 1. The predicted molar refractivity (Wildman–Crippen MR) is 81.5 cm³/mol. The molecule has 2 aliphatic heterocycles. The summed E-state index contributed by atoms with van der Waals surface area (Å²) in [6.07, 6.45) is 3.81. The maximum atomic E-state index is 12.0. The summed E-state index contributed by atoms with van der Waals surface area (Å²) in [6, 6.07) is 9.95. The van der Waals surface area contributed by atoms with Crippen LogP contribution in [0.25, 0.3) is 0 Å². The van der Waals surface area contributed by atoms with Crippen LogP contribution in [0.2, 0.25) is 0 Å². The van der Waals surface area contributed by atoms with Gasteiger partial charge in [0, 0.05) is 12.8 Å². The van der Waals surface area contributed by atoms with Gasteiger partial charge in [-0.25, -0.2) is 4.79 Å². The van der Waals surface area contributed by atoms with E-state index in [9.17, 15) is 4.79 Å². The molecule has 5 heteroatoms. The van der Waals surface area contributed by atoms with Crippen LogP contribution in [0.1, 0.15) is 37.7 Å².